The van der Waals surface area contributed by atoms with Crippen molar-refractivity contribution >= 4 is 45.0 Å². The van der Waals surface area contributed by atoms with Crippen LogP contribution in [0, 0.1) is 6.92 Å². The average Bonchev–Trinajstić information content (AvgIpc) is 3.43. The number of Topliss-reactive ketones (excluding diaryl/α,β-unsaturated/α-hetero) is 1. The van der Waals surface area contributed by atoms with Gasteiger partial charge in [-0.3, -0.25) is 23.4 Å². The third kappa shape index (κ3) is 12.8. The Hall–Kier alpha value is -3.42. The van der Waals surface area contributed by atoms with E-state index in [2.05, 4.69) is 25.1 Å². The van der Waals surface area contributed by atoms with Crippen LogP contribution >= 0.6 is 11.3 Å². The number of rotatable bonds is 20. The second kappa shape index (κ2) is 18.1. The van der Waals surface area contributed by atoms with Gasteiger partial charge >= 0.3 is 0 Å². The van der Waals surface area contributed by atoms with Gasteiger partial charge in [-0.2, -0.15) is 8.42 Å². The van der Waals surface area contributed by atoms with Gasteiger partial charge in [0.25, 0.3) is 22.5 Å². The number of nitrogens with zero attached hydrogens (tertiary/aromatic N) is 1. The molecule has 256 valence electrons. The molecule has 14 nitrogen and oxygen atoms in total. The van der Waals surface area contributed by atoms with E-state index >= 15 is 0 Å². The summed E-state index contributed by atoms with van der Waals surface area (Å²) < 4.78 is 63.4. The number of methoxy groups -OCH3 is 2. The fourth-order valence-electron chi connectivity index (χ4n) is 4.02. The molecule has 0 radical (unpaired) electrons. The SMILES string of the molecule is COC[C@H](NC(=O)c1cnc(C)s1)C(=O)N[C@@H](COC)C(=O)N[C@@H](CCc1ccccc1)C(=O)C(C)(O)COS(=O)(=O)CC(F)F. The minimum atomic E-state index is -4.78. The monoisotopic (exact) mass is 692 g/mol. The Morgan fingerprint density at radius 3 is 2.07 bits per heavy atom. The maximum Gasteiger partial charge on any atom is 0.273 e. The summed E-state index contributed by atoms with van der Waals surface area (Å²) in [7, 11) is -2.22. The van der Waals surface area contributed by atoms with E-state index in [-0.39, 0.29) is 30.9 Å². The van der Waals surface area contributed by atoms with E-state index in [9.17, 15) is 41.5 Å². The maximum absolute atomic E-state index is 13.4. The number of halogens is 2. The Bertz CT molecular complexity index is 1420. The predicted octanol–water partition coefficient (Wildman–Crippen LogP) is 0.377. The van der Waals surface area contributed by atoms with Gasteiger partial charge in [-0.1, -0.05) is 30.3 Å². The normalized spacial score (nSPS) is 15.0. The lowest BCUT2D eigenvalue weighted by molar-refractivity contribution is -0.143. The highest BCUT2D eigenvalue weighted by molar-refractivity contribution is 7.86. The zero-order valence-electron chi connectivity index (χ0n) is 25.7. The number of aromatic nitrogens is 1. The van der Waals surface area contributed by atoms with Crippen molar-refractivity contribution in [3.05, 3.63) is 52.0 Å². The number of hydrogen-bond acceptors (Lipinski definition) is 12. The Balaban J connectivity index is 2.23. The van der Waals surface area contributed by atoms with Crippen molar-refractivity contribution in [2.75, 3.05) is 39.8 Å². The quantitative estimate of drug-likeness (QED) is 0.140. The van der Waals surface area contributed by atoms with Crippen LogP contribution in [0.5, 0.6) is 0 Å². The zero-order chi connectivity index (χ0) is 34.5. The molecule has 1 aromatic carbocycles. The summed E-state index contributed by atoms with van der Waals surface area (Å²) in [5.74, 6) is -5.04. The molecule has 18 heteroatoms. The average molecular weight is 693 g/mol. The Labute approximate surface area is 269 Å². The van der Waals surface area contributed by atoms with E-state index in [1.807, 2.05) is 0 Å². The molecule has 4 atom stereocenters. The van der Waals surface area contributed by atoms with Crippen LogP contribution in [-0.4, -0.2) is 112 Å². The van der Waals surface area contributed by atoms with Gasteiger partial charge in [0.15, 0.2) is 5.78 Å². The van der Waals surface area contributed by atoms with Crippen LogP contribution in [0.2, 0.25) is 0 Å². The molecule has 0 aliphatic rings. The number of alkyl halides is 2. The van der Waals surface area contributed by atoms with Crippen molar-refractivity contribution in [1.29, 1.82) is 0 Å². The molecule has 0 aliphatic heterocycles. The lowest BCUT2D eigenvalue weighted by Gasteiger charge is -2.29. The Morgan fingerprint density at radius 1 is 0.978 bits per heavy atom. The van der Waals surface area contributed by atoms with E-state index in [0.717, 1.165) is 23.8 Å². The minimum Gasteiger partial charge on any atom is -0.382 e. The summed E-state index contributed by atoms with van der Waals surface area (Å²) in [5, 5.41) is 18.9. The van der Waals surface area contributed by atoms with Crippen LogP contribution in [0.4, 0.5) is 8.78 Å². The molecule has 0 saturated carbocycles. The van der Waals surface area contributed by atoms with E-state index in [0.29, 0.717) is 5.01 Å². The molecule has 3 amide bonds. The number of hydrogen-bond donors (Lipinski definition) is 4. The first kappa shape index (κ1) is 38.8. The lowest BCUT2D eigenvalue weighted by atomic mass is 9.91. The summed E-state index contributed by atoms with van der Waals surface area (Å²) in [6.07, 6.45) is -1.76. The summed E-state index contributed by atoms with van der Waals surface area (Å²) in [4.78, 5) is 56.9. The van der Waals surface area contributed by atoms with Gasteiger partial charge in [-0.15, -0.1) is 11.3 Å². The second-order valence-electron chi connectivity index (χ2n) is 10.3. The highest BCUT2D eigenvalue weighted by atomic mass is 32.2. The van der Waals surface area contributed by atoms with Crippen LogP contribution in [0.15, 0.2) is 36.5 Å². The van der Waals surface area contributed by atoms with Gasteiger partial charge in [0.2, 0.25) is 11.8 Å². The minimum absolute atomic E-state index is 0.0845. The first-order valence-electron chi connectivity index (χ1n) is 13.9. The lowest BCUT2D eigenvalue weighted by Crippen LogP contribution is -2.60. The predicted molar refractivity (Wildman–Crippen MR) is 162 cm³/mol. The third-order valence-electron chi connectivity index (χ3n) is 6.34. The van der Waals surface area contributed by atoms with Crippen molar-refractivity contribution in [2.45, 2.75) is 56.8 Å². The first-order valence-corrected chi connectivity index (χ1v) is 16.3. The highest BCUT2D eigenvalue weighted by Crippen LogP contribution is 2.16. The topological polar surface area (TPSA) is 199 Å². The number of benzene rings is 1. The molecule has 46 heavy (non-hydrogen) atoms. The van der Waals surface area contributed by atoms with E-state index in [1.165, 1.54) is 20.4 Å². The maximum atomic E-state index is 13.4. The molecule has 4 N–H and O–H groups in total. The van der Waals surface area contributed by atoms with Gasteiger partial charge in [0.05, 0.1) is 30.5 Å². The number of ketones is 1. The number of thiazole rings is 1. The van der Waals surface area contributed by atoms with Crippen LogP contribution in [0.1, 0.15) is 33.6 Å². The van der Waals surface area contributed by atoms with E-state index in [4.69, 9.17) is 9.47 Å². The van der Waals surface area contributed by atoms with E-state index < -0.39 is 76.1 Å². The Morgan fingerprint density at radius 2 is 1.54 bits per heavy atom. The number of amides is 3. The van der Waals surface area contributed by atoms with Crippen molar-refractivity contribution in [1.82, 2.24) is 20.9 Å². The van der Waals surface area contributed by atoms with Crippen LogP contribution < -0.4 is 16.0 Å². The summed E-state index contributed by atoms with van der Waals surface area (Å²) >= 11 is 1.11. The summed E-state index contributed by atoms with van der Waals surface area (Å²) in [6, 6.07) is 4.68. The molecule has 0 bridgehead atoms. The standard InChI is InChI=1S/C28H38F2N4O10S2/c1-17-31-12-22(45-17)27(38)34-21(14-43-4)26(37)33-20(13-42-3)25(36)32-19(11-10-18-8-6-5-7-9-18)24(35)28(2,39)16-44-46(40,41)15-23(29)30/h5-9,12,19-21,23,39H,10-11,13-16H2,1-4H3,(H,32,36)(H,33,37)(H,34,38)/t19-,20-,21-,28?/m0/s1. The van der Waals surface area contributed by atoms with Crippen LogP contribution in [-0.2, 0) is 44.6 Å². The van der Waals surface area contributed by atoms with Crippen LogP contribution in [0.3, 0.4) is 0 Å². The number of carbonyl (C=O) groups is 4. The molecule has 0 saturated heterocycles. The van der Waals surface area contributed by atoms with Crippen LogP contribution in [0.25, 0.3) is 0 Å². The van der Waals surface area contributed by atoms with Crippen molar-refractivity contribution < 1.29 is 55.1 Å². The molecule has 1 aromatic heterocycles. The fourth-order valence-corrected chi connectivity index (χ4v) is 5.51. The molecule has 0 fully saturated rings. The molecule has 0 spiro atoms. The molecular weight excluding hydrogens is 654 g/mol. The smallest absolute Gasteiger partial charge is 0.273 e. The summed E-state index contributed by atoms with van der Waals surface area (Å²) in [6.45, 7) is 0.811. The third-order valence-corrected chi connectivity index (χ3v) is 8.39. The van der Waals surface area contributed by atoms with Gasteiger partial charge < -0.3 is 30.5 Å². The molecule has 1 heterocycles. The number of ether oxygens (including phenoxy) is 2. The highest BCUT2D eigenvalue weighted by Gasteiger charge is 2.39. The molecular formula is C28H38F2N4O10S2. The zero-order valence-corrected chi connectivity index (χ0v) is 27.3. The van der Waals surface area contributed by atoms with Gasteiger partial charge in [0, 0.05) is 14.2 Å². The second-order valence-corrected chi connectivity index (χ2v) is 13.3. The molecule has 0 aliphatic carbocycles. The fraction of sp³-hybridized carbons (Fsp3) is 0.536. The van der Waals surface area contributed by atoms with Gasteiger partial charge in [-0.05, 0) is 32.3 Å². The molecule has 1 unspecified atom stereocenters. The van der Waals surface area contributed by atoms with Gasteiger partial charge in [0.1, 0.15) is 34.9 Å². The number of aryl methyl sites for hydroxylation is 2. The van der Waals surface area contributed by atoms with Crippen molar-refractivity contribution in [3.8, 4) is 0 Å². The summed E-state index contributed by atoms with van der Waals surface area (Å²) in [5.41, 5.74) is -1.77. The van der Waals surface area contributed by atoms with Gasteiger partial charge in [-0.25, -0.2) is 13.8 Å². The van der Waals surface area contributed by atoms with Crippen molar-refractivity contribution in [2.24, 2.45) is 0 Å². The Kier molecular flexibility index (Phi) is 15.2. The first-order chi connectivity index (χ1) is 21.6. The number of nitrogens with one attached hydrogen (secondary N) is 3. The number of carbonyl (C=O) groups excluding carboxylic acids is 4. The molecule has 2 rings (SSSR count). The molecule has 2 aromatic rings. The van der Waals surface area contributed by atoms with E-state index in [1.54, 1.807) is 37.3 Å². The number of aliphatic hydroxyl groups is 1. The van der Waals surface area contributed by atoms with Crippen molar-refractivity contribution in [3.63, 3.8) is 0 Å². The largest absolute Gasteiger partial charge is 0.382 e.